The number of carboxylic acid groups (broad SMARTS) is 1. The average molecular weight is 249 g/mol. The third-order valence-corrected chi connectivity index (χ3v) is 3.35. The Morgan fingerprint density at radius 3 is 2.78 bits per heavy atom. The normalized spacial score (nSPS) is 19.3. The molecule has 0 aromatic heterocycles. The van der Waals surface area contributed by atoms with Crippen molar-refractivity contribution in [3.63, 3.8) is 0 Å². The van der Waals surface area contributed by atoms with E-state index < -0.39 is 11.9 Å². The highest BCUT2D eigenvalue weighted by molar-refractivity contribution is 5.99. The maximum atomic E-state index is 11.8. The number of amides is 1. The van der Waals surface area contributed by atoms with E-state index in [1.165, 1.54) is 4.90 Å². The van der Waals surface area contributed by atoms with Crippen molar-refractivity contribution < 1.29 is 19.8 Å². The molecule has 0 aliphatic carbocycles. The summed E-state index contributed by atoms with van der Waals surface area (Å²) in [6, 6.07) is 5.32. The lowest BCUT2D eigenvalue weighted by molar-refractivity contribution is -0.141. The second kappa shape index (κ2) is 4.78. The van der Waals surface area contributed by atoms with Crippen molar-refractivity contribution in [2.24, 2.45) is 5.92 Å². The molecule has 1 fully saturated rings. The molecule has 0 saturated carbocycles. The van der Waals surface area contributed by atoms with Gasteiger partial charge in [-0.2, -0.15) is 0 Å². The number of aliphatic hydroxyl groups is 1. The zero-order chi connectivity index (χ0) is 13.3. The highest BCUT2D eigenvalue weighted by Crippen LogP contribution is 2.29. The molecule has 0 radical (unpaired) electrons. The van der Waals surface area contributed by atoms with Gasteiger partial charge in [-0.1, -0.05) is 12.1 Å². The fourth-order valence-electron chi connectivity index (χ4n) is 2.24. The Kier molecular flexibility index (Phi) is 3.34. The van der Waals surface area contributed by atoms with Gasteiger partial charge in [0.15, 0.2) is 0 Å². The summed E-state index contributed by atoms with van der Waals surface area (Å²) in [5.41, 5.74) is 2.26. The van der Waals surface area contributed by atoms with Gasteiger partial charge in [-0.3, -0.25) is 9.59 Å². The van der Waals surface area contributed by atoms with E-state index in [-0.39, 0.29) is 25.5 Å². The minimum atomic E-state index is -0.943. The molecule has 0 spiro atoms. The van der Waals surface area contributed by atoms with Crippen LogP contribution in [-0.4, -0.2) is 28.6 Å². The lowest BCUT2D eigenvalue weighted by atomic mass is 10.1. The first kappa shape index (κ1) is 12.6. The summed E-state index contributed by atoms with van der Waals surface area (Å²) < 4.78 is 0. The molecule has 2 N–H and O–H groups in total. The van der Waals surface area contributed by atoms with Gasteiger partial charge in [0, 0.05) is 18.7 Å². The molecule has 1 aromatic rings. The van der Waals surface area contributed by atoms with Gasteiger partial charge in [-0.25, -0.2) is 0 Å². The maximum absolute atomic E-state index is 11.8. The van der Waals surface area contributed by atoms with Crippen LogP contribution in [0, 0.1) is 12.8 Å². The number of benzene rings is 1. The number of aliphatic carboxylic acids is 1. The van der Waals surface area contributed by atoms with Crippen molar-refractivity contribution >= 4 is 17.6 Å². The monoisotopic (exact) mass is 249 g/mol. The van der Waals surface area contributed by atoms with Crippen LogP contribution in [0.3, 0.4) is 0 Å². The minimum absolute atomic E-state index is 0.0398. The zero-order valence-electron chi connectivity index (χ0n) is 10.1. The van der Waals surface area contributed by atoms with E-state index in [1.807, 2.05) is 6.92 Å². The Labute approximate surface area is 105 Å². The van der Waals surface area contributed by atoms with Crippen LogP contribution in [-0.2, 0) is 16.2 Å². The van der Waals surface area contributed by atoms with Crippen molar-refractivity contribution in [1.82, 2.24) is 0 Å². The Balaban J connectivity index is 2.33. The number of rotatable bonds is 3. The number of carboxylic acids is 1. The fraction of sp³-hybridized carbons (Fsp3) is 0.385. The molecule has 1 aliphatic rings. The van der Waals surface area contributed by atoms with E-state index in [0.29, 0.717) is 5.69 Å². The van der Waals surface area contributed by atoms with E-state index in [4.69, 9.17) is 5.11 Å². The SMILES string of the molecule is Cc1c(CO)cccc1N1CC(C(=O)O)CC1=O. The third-order valence-electron chi connectivity index (χ3n) is 3.35. The number of carbonyl (C=O) groups excluding carboxylic acids is 1. The molecule has 1 saturated heterocycles. The van der Waals surface area contributed by atoms with E-state index >= 15 is 0 Å². The second-order valence-electron chi connectivity index (χ2n) is 4.46. The number of carbonyl (C=O) groups is 2. The van der Waals surface area contributed by atoms with E-state index in [9.17, 15) is 14.7 Å². The molecule has 2 rings (SSSR count). The lowest BCUT2D eigenvalue weighted by Crippen LogP contribution is -2.26. The molecule has 0 bridgehead atoms. The van der Waals surface area contributed by atoms with Crippen molar-refractivity contribution in [1.29, 1.82) is 0 Å². The van der Waals surface area contributed by atoms with Gasteiger partial charge in [0.05, 0.1) is 12.5 Å². The molecule has 1 heterocycles. The van der Waals surface area contributed by atoms with E-state index in [0.717, 1.165) is 11.1 Å². The number of hydrogen-bond acceptors (Lipinski definition) is 3. The van der Waals surface area contributed by atoms with Crippen molar-refractivity contribution in [3.05, 3.63) is 29.3 Å². The first-order chi connectivity index (χ1) is 8.54. The van der Waals surface area contributed by atoms with Gasteiger partial charge in [0.2, 0.25) is 5.91 Å². The van der Waals surface area contributed by atoms with Crippen LogP contribution in [0.15, 0.2) is 18.2 Å². The fourth-order valence-corrected chi connectivity index (χ4v) is 2.24. The van der Waals surface area contributed by atoms with Crippen LogP contribution in [0.4, 0.5) is 5.69 Å². The average Bonchev–Trinajstić information content (AvgIpc) is 2.72. The van der Waals surface area contributed by atoms with Gasteiger partial charge in [-0.05, 0) is 24.1 Å². The summed E-state index contributed by atoms with van der Waals surface area (Å²) in [5, 5.41) is 18.1. The lowest BCUT2D eigenvalue weighted by Gasteiger charge is -2.20. The molecule has 1 aromatic carbocycles. The molecule has 1 aliphatic heterocycles. The Morgan fingerprint density at radius 2 is 2.22 bits per heavy atom. The van der Waals surface area contributed by atoms with Gasteiger partial charge < -0.3 is 15.1 Å². The summed E-state index contributed by atoms with van der Waals surface area (Å²) in [4.78, 5) is 24.2. The molecule has 1 unspecified atom stereocenters. The van der Waals surface area contributed by atoms with Crippen molar-refractivity contribution in [3.8, 4) is 0 Å². The molecule has 96 valence electrons. The first-order valence-electron chi connectivity index (χ1n) is 5.77. The molecule has 1 atom stereocenters. The summed E-state index contributed by atoms with van der Waals surface area (Å²) >= 11 is 0. The largest absolute Gasteiger partial charge is 0.481 e. The summed E-state index contributed by atoms with van der Waals surface area (Å²) in [6.45, 7) is 1.93. The second-order valence-corrected chi connectivity index (χ2v) is 4.46. The topological polar surface area (TPSA) is 77.8 Å². The molecule has 18 heavy (non-hydrogen) atoms. The van der Waals surface area contributed by atoms with Gasteiger partial charge >= 0.3 is 5.97 Å². The van der Waals surface area contributed by atoms with Gasteiger partial charge in [-0.15, -0.1) is 0 Å². The van der Waals surface area contributed by atoms with Gasteiger partial charge in [0.25, 0.3) is 0 Å². The number of anilines is 1. The Morgan fingerprint density at radius 1 is 1.50 bits per heavy atom. The van der Waals surface area contributed by atoms with Crippen molar-refractivity contribution in [2.45, 2.75) is 20.0 Å². The number of nitrogens with zero attached hydrogens (tertiary/aromatic N) is 1. The third kappa shape index (κ3) is 2.09. The Hall–Kier alpha value is -1.88. The highest BCUT2D eigenvalue weighted by Gasteiger charge is 2.35. The van der Waals surface area contributed by atoms with Crippen LogP contribution in [0.1, 0.15) is 17.5 Å². The molecule has 5 nitrogen and oxygen atoms in total. The predicted octanol–water partition coefficient (Wildman–Crippen LogP) is 0.925. The summed E-state index contributed by atoms with van der Waals surface area (Å²) in [6.07, 6.45) is 0.0398. The van der Waals surface area contributed by atoms with Crippen LogP contribution >= 0.6 is 0 Å². The molecular formula is C13H15NO4. The smallest absolute Gasteiger partial charge is 0.308 e. The van der Waals surface area contributed by atoms with Crippen LogP contribution in [0.25, 0.3) is 0 Å². The highest BCUT2D eigenvalue weighted by atomic mass is 16.4. The standard InChI is InChI=1S/C13H15NO4/c1-8-9(7-15)3-2-4-11(8)14-6-10(13(17)18)5-12(14)16/h2-4,10,15H,5-7H2,1H3,(H,17,18). The number of hydrogen-bond donors (Lipinski definition) is 2. The van der Waals surface area contributed by atoms with Crippen LogP contribution < -0.4 is 4.90 Å². The molecular weight excluding hydrogens is 234 g/mol. The number of aliphatic hydroxyl groups excluding tert-OH is 1. The van der Waals surface area contributed by atoms with Gasteiger partial charge in [0.1, 0.15) is 0 Å². The van der Waals surface area contributed by atoms with E-state index in [2.05, 4.69) is 0 Å². The molecule has 5 heteroatoms. The summed E-state index contributed by atoms with van der Waals surface area (Å²) in [5.74, 6) is -1.77. The first-order valence-corrected chi connectivity index (χ1v) is 5.77. The minimum Gasteiger partial charge on any atom is -0.481 e. The summed E-state index contributed by atoms with van der Waals surface area (Å²) in [7, 11) is 0. The van der Waals surface area contributed by atoms with E-state index in [1.54, 1.807) is 18.2 Å². The molecule has 1 amide bonds. The maximum Gasteiger partial charge on any atom is 0.308 e. The zero-order valence-corrected chi connectivity index (χ0v) is 10.1. The van der Waals surface area contributed by atoms with Crippen LogP contribution in [0.2, 0.25) is 0 Å². The predicted molar refractivity (Wildman–Crippen MR) is 65.2 cm³/mol. The quantitative estimate of drug-likeness (QED) is 0.835. The Bertz CT molecular complexity index is 498. The van der Waals surface area contributed by atoms with Crippen LogP contribution in [0.5, 0.6) is 0 Å². The van der Waals surface area contributed by atoms with Crippen molar-refractivity contribution in [2.75, 3.05) is 11.4 Å².